The predicted molar refractivity (Wildman–Crippen MR) is 79.9 cm³/mol. The van der Waals surface area contributed by atoms with Crippen LogP contribution in [-0.2, 0) is 6.42 Å². The second-order valence-electron chi connectivity index (χ2n) is 4.77. The van der Waals surface area contributed by atoms with E-state index in [9.17, 15) is 10.1 Å². The summed E-state index contributed by atoms with van der Waals surface area (Å²) in [6.45, 7) is 5.14. The van der Waals surface area contributed by atoms with Gasteiger partial charge >= 0.3 is 0 Å². The first kappa shape index (κ1) is 14.4. The first-order valence-corrected chi connectivity index (χ1v) is 6.91. The summed E-state index contributed by atoms with van der Waals surface area (Å²) in [7, 11) is 0. The first-order chi connectivity index (χ1) is 9.67. The summed E-state index contributed by atoms with van der Waals surface area (Å²) >= 11 is 0. The van der Waals surface area contributed by atoms with Crippen LogP contribution in [0.5, 0.6) is 0 Å². The lowest BCUT2D eigenvalue weighted by molar-refractivity contribution is -0.383. The number of nitrogens with one attached hydrogen (secondary N) is 1. The lowest BCUT2D eigenvalue weighted by atomic mass is 9.99. The van der Waals surface area contributed by atoms with E-state index < -0.39 is 0 Å². The number of hydrogen-bond donors (Lipinski definition) is 1. The van der Waals surface area contributed by atoms with Crippen LogP contribution in [0.1, 0.15) is 25.8 Å². The Balaban J connectivity index is 2.45. The standard InChI is InChI=1S/C15H19N3O2/c1-3-12(16-4-2)10-11-7-8-14(18(19)20)15-13(11)6-5-9-17-15/h5-9,12,16H,3-4,10H2,1-2H3. The van der Waals surface area contributed by atoms with Crippen LogP contribution in [0.4, 0.5) is 5.69 Å². The van der Waals surface area contributed by atoms with Gasteiger partial charge in [0.1, 0.15) is 5.52 Å². The molecule has 0 fully saturated rings. The smallest absolute Gasteiger partial charge is 0.295 e. The van der Waals surface area contributed by atoms with Gasteiger partial charge in [-0.3, -0.25) is 10.1 Å². The van der Waals surface area contributed by atoms with Crippen molar-refractivity contribution in [2.75, 3.05) is 6.54 Å². The molecule has 0 saturated heterocycles. The fourth-order valence-electron chi connectivity index (χ4n) is 2.46. The second kappa shape index (κ2) is 6.43. The third-order valence-corrected chi connectivity index (χ3v) is 3.49. The highest BCUT2D eigenvalue weighted by molar-refractivity contribution is 5.89. The van der Waals surface area contributed by atoms with E-state index in [-0.39, 0.29) is 10.6 Å². The minimum absolute atomic E-state index is 0.0702. The van der Waals surface area contributed by atoms with Crippen LogP contribution in [0.15, 0.2) is 30.5 Å². The van der Waals surface area contributed by atoms with Gasteiger partial charge in [-0.05, 0) is 31.0 Å². The molecular formula is C15H19N3O2. The zero-order valence-corrected chi connectivity index (χ0v) is 11.8. The first-order valence-electron chi connectivity index (χ1n) is 6.91. The van der Waals surface area contributed by atoms with Crippen LogP contribution >= 0.6 is 0 Å². The van der Waals surface area contributed by atoms with Gasteiger partial charge in [0.2, 0.25) is 0 Å². The summed E-state index contributed by atoms with van der Waals surface area (Å²) in [5.74, 6) is 0. The number of nitro groups is 1. The SMILES string of the molecule is CCNC(CC)Cc1ccc([N+](=O)[O-])c2ncccc12. The molecule has 0 aliphatic carbocycles. The van der Waals surface area contributed by atoms with Crippen molar-refractivity contribution >= 4 is 16.6 Å². The van der Waals surface area contributed by atoms with Crippen molar-refractivity contribution in [3.8, 4) is 0 Å². The number of rotatable bonds is 6. The molecule has 1 N–H and O–H groups in total. The third-order valence-electron chi connectivity index (χ3n) is 3.49. The quantitative estimate of drug-likeness (QED) is 0.648. The molecule has 1 aromatic carbocycles. The molecule has 0 aliphatic rings. The van der Waals surface area contributed by atoms with Gasteiger partial charge < -0.3 is 5.32 Å². The molecule has 5 nitrogen and oxygen atoms in total. The molecule has 20 heavy (non-hydrogen) atoms. The van der Waals surface area contributed by atoms with Crippen molar-refractivity contribution in [1.29, 1.82) is 0 Å². The van der Waals surface area contributed by atoms with Crippen LogP contribution in [0, 0.1) is 10.1 Å². The van der Waals surface area contributed by atoms with E-state index in [0.717, 1.165) is 30.3 Å². The van der Waals surface area contributed by atoms with Crippen molar-refractivity contribution in [3.63, 3.8) is 0 Å². The van der Waals surface area contributed by atoms with Gasteiger partial charge in [-0.15, -0.1) is 0 Å². The Morgan fingerprint density at radius 1 is 1.35 bits per heavy atom. The Morgan fingerprint density at radius 2 is 2.15 bits per heavy atom. The summed E-state index contributed by atoms with van der Waals surface area (Å²) in [6.07, 6.45) is 3.47. The molecule has 2 rings (SSSR count). The minimum Gasteiger partial charge on any atom is -0.314 e. The molecule has 1 atom stereocenters. The molecule has 1 heterocycles. The van der Waals surface area contributed by atoms with Crippen LogP contribution in [-0.4, -0.2) is 22.5 Å². The molecule has 106 valence electrons. The lowest BCUT2D eigenvalue weighted by Crippen LogP contribution is -2.30. The van der Waals surface area contributed by atoms with Gasteiger partial charge in [-0.2, -0.15) is 0 Å². The number of aromatic nitrogens is 1. The normalized spacial score (nSPS) is 12.5. The summed E-state index contributed by atoms with van der Waals surface area (Å²) in [4.78, 5) is 14.9. The molecular weight excluding hydrogens is 254 g/mol. The molecule has 2 aromatic rings. The van der Waals surface area contributed by atoms with E-state index in [0.29, 0.717) is 11.6 Å². The Morgan fingerprint density at radius 3 is 2.80 bits per heavy atom. The molecule has 0 bridgehead atoms. The predicted octanol–water partition coefficient (Wildman–Crippen LogP) is 3.07. The van der Waals surface area contributed by atoms with E-state index >= 15 is 0 Å². The topological polar surface area (TPSA) is 68.1 Å². The largest absolute Gasteiger partial charge is 0.314 e. The Kier molecular flexibility index (Phi) is 4.63. The van der Waals surface area contributed by atoms with E-state index in [1.165, 1.54) is 0 Å². The third kappa shape index (κ3) is 2.93. The van der Waals surface area contributed by atoms with Crippen molar-refractivity contribution in [3.05, 3.63) is 46.1 Å². The second-order valence-corrected chi connectivity index (χ2v) is 4.77. The van der Waals surface area contributed by atoms with E-state index in [1.54, 1.807) is 12.3 Å². The maximum absolute atomic E-state index is 11.1. The number of benzene rings is 1. The average Bonchev–Trinajstić information content (AvgIpc) is 2.46. The van der Waals surface area contributed by atoms with Gasteiger partial charge in [0, 0.05) is 23.7 Å². The zero-order chi connectivity index (χ0) is 14.5. The monoisotopic (exact) mass is 273 g/mol. The number of fused-ring (bicyclic) bond motifs is 1. The highest BCUT2D eigenvalue weighted by Crippen LogP contribution is 2.27. The number of hydrogen-bond acceptors (Lipinski definition) is 4. The average molecular weight is 273 g/mol. The molecule has 1 aromatic heterocycles. The van der Waals surface area contributed by atoms with Gasteiger partial charge in [-0.25, -0.2) is 4.98 Å². The van der Waals surface area contributed by atoms with Gasteiger partial charge in [0.25, 0.3) is 5.69 Å². The van der Waals surface area contributed by atoms with E-state index in [4.69, 9.17) is 0 Å². The summed E-state index contributed by atoms with van der Waals surface area (Å²) in [5, 5.41) is 15.4. The molecule has 0 aliphatic heterocycles. The maximum atomic E-state index is 11.1. The fourth-order valence-corrected chi connectivity index (χ4v) is 2.46. The summed E-state index contributed by atoms with van der Waals surface area (Å²) in [6, 6.07) is 7.52. The highest BCUT2D eigenvalue weighted by Gasteiger charge is 2.16. The number of nitrogens with zero attached hydrogens (tertiary/aromatic N) is 2. The number of pyridine rings is 1. The van der Waals surface area contributed by atoms with E-state index in [1.807, 2.05) is 18.2 Å². The zero-order valence-electron chi connectivity index (χ0n) is 11.8. The van der Waals surface area contributed by atoms with Crippen molar-refractivity contribution in [1.82, 2.24) is 10.3 Å². The summed E-state index contributed by atoms with van der Waals surface area (Å²) < 4.78 is 0. The van der Waals surface area contributed by atoms with Gasteiger partial charge in [0.15, 0.2) is 0 Å². The Bertz CT molecular complexity index is 613. The Labute approximate surface area is 118 Å². The maximum Gasteiger partial charge on any atom is 0.295 e. The summed E-state index contributed by atoms with van der Waals surface area (Å²) in [5.41, 5.74) is 1.65. The number of non-ortho nitro benzene ring substituents is 1. The number of nitro benzene ring substituents is 1. The van der Waals surface area contributed by atoms with Crippen molar-refractivity contribution in [2.45, 2.75) is 32.7 Å². The minimum atomic E-state index is -0.374. The highest BCUT2D eigenvalue weighted by atomic mass is 16.6. The van der Waals surface area contributed by atoms with E-state index in [2.05, 4.69) is 24.1 Å². The van der Waals surface area contributed by atoms with Crippen LogP contribution in [0.2, 0.25) is 0 Å². The van der Waals surface area contributed by atoms with Crippen molar-refractivity contribution in [2.24, 2.45) is 0 Å². The van der Waals surface area contributed by atoms with Crippen LogP contribution < -0.4 is 5.32 Å². The number of likely N-dealkylation sites (N-methyl/N-ethyl adjacent to an activating group) is 1. The van der Waals surface area contributed by atoms with Gasteiger partial charge in [-0.1, -0.05) is 26.0 Å². The van der Waals surface area contributed by atoms with Crippen LogP contribution in [0.25, 0.3) is 10.9 Å². The molecule has 0 amide bonds. The Hall–Kier alpha value is -2.01. The molecule has 0 saturated carbocycles. The molecule has 0 spiro atoms. The molecule has 1 unspecified atom stereocenters. The lowest BCUT2D eigenvalue weighted by Gasteiger charge is -2.16. The fraction of sp³-hybridized carbons (Fsp3) is 0.400. The van der Waals surface area contributed by atoms with Crippen molar-refractivity contribution < 1.29 is 4.92 Å². The molecule has 0 radical (unpaired) electrons. The van der Waals surface area contributed by atoms with Gasteiger partial charge in [0.05, 0.1) is 4.92 Å². The van der Waals surface area contributed by atoms with Crippen LogP contribution in [0.3, 0.4) is 0 Å². The molecule has 5 heteroatoms.